The third-order valence-corrected chi connectivity index (χ3v) is 5.70. The molecule has 28 heavy (non-hydrogen) atoms. The maximum Gasteiger partial charge on any atom is 0.259 e. The van der Waals surface area contributed by atoms with Crippen LogP contribution in [0.15, 0.2) is 16.7 Å². The largest absolute Gasteiger partial charge is 0.361 e. The van der Waals surface area contributed by atoms with E-state index < -0.39 is 0 Å². The summed E-state index contributed by atoms with van der Waals surface area (Å²) in [4.78, 5) is 19.2. The van der Waals surface area contributed by atoms with Gasteiger partial charge in [-0.1, -0.05) is 18.0 Å². The normalized spacial score (nSPS) is 18.3. The highest BCUT2D eigenvalue weighted by molar-refractivity contribution is 5.96. The first kappa shape index (κ1) is 18.7. The Hall–Kier alpha value is -2.64. The Balaban J connectivity index is 1.36. The Kier molecular flexibility index (Phi) is 5.45. The van der Waals surface area contributed by atoms with Crippen LogP contribution in [0.2, 0.25) is 0 Å². The molecule has 0 atom stereocenters. The number of rotatable bonds is 3. The minimum atomic E-state index is -0.00139. The molecule has 0 bridgehead atoms. The lowest BCUT2D eigenvalue weighted by atomic mass is 10.1. The third-order valence-electron chi connectivity index (χ3n) is 5.70. The molecule has 2 aromatic rings. The topological polar surface area (TPSA) is 78.6 Å². The van der Waals surface area contributed by atoms with Gasteiger partial charge in [0.2, 0.25) is 0 Å². The van der Waals surface area contributed by atoms with E-state index in [-0.39, 0.29) is 5.91 Å². The smallest absolute Gasteiger partial charge is 0.259 e. The van der Waals surface area contributed by atoms with E-state index in [1.807, 2.05) is 4.90 Å². The molecule has 8 heteroatoms. The average Bonchev–Trinajstić information content (AvgIpc) is 2.91. The van der Waals surface area contributed by atoms with Crippen molar-refractivity contribution in [1.29, 1.82) is 0 Å². The first-order chi connectivity index (χ1) is 13.6. The Morgan fingerprint density at radius 3 is 1.93 bits per heavy atom. The molecule has 0 radical (unpaired) electrons. The van der Waals surface area contributed by atoms with Gasteiger partial charge in [-0.3, -0.25) is 4.79 Å². The second-order valence-electron chi connectivity index (χ2n) is 7.63. The summed E-state index contributed by atoms with van der Waals surface area (Å²) in [6.45, 7) is 8.51. The van der Waals surface area contributed by atoms with E-state index in [0.29, 0.717) is 30.1 Å². The zero-order valence-electron chi connectivity index (χ0n) is 16.7. The van der Waals surface area contributed by atoms with Crippen molar-refractivity contribution in [2.75, 3.05) is 49.1 Å². The van der Waals surface area contributed by atoms with Crippen molar-refractivity contribution in [2.45, 2.75) is 39.5 Å². The second-order valence-corrected chi connectivity index (χ2v) is 7.63. The number of anilines is 2. The number of carbonyl (C=O) groups is 1. The van der Waals surface area contributed by atoms with Gasteiger partial charge in [-0.25, -0.2) is 0 Å². The van der Waals surface area contributed by atoms with Gasteiger partial charge >= 0.3 is 0 Å². The van der Waals surface area contributed by atoms with Crippen LogP contribution in [-0.2, 0) is 0 Å². The zero-order chi connectivity index (χ0) is 19.5. The summed E-state index contributed by atoms with van der Waals surface area (Å²) in [6, 6.07) is 4.13. The number of nitrogens with zero attached hydrogens (tertiary/aromatic N) is 6. The molecule has 2 aliphatic rings. The second kappa shape index (κ2) is 8.16. The molecule has 150 valence electrons. The van der Waals surface area contributed by atoms with Gasteiger partial charge in [0.15, 0.2) is 11.6 Å². The molecule has 0 aromatic carbocycles. The Morgan fingerprint density at radius 2 is 1.43 bits per heavy atom. The van der Waals surface area contributed by atoms with Crippen LogP contribution in [0.4, 0.5) is 11.6 Å². The molecular weight excluding hydrogens is 356 g/mol. The molecule has 2 aliphatic heterocycles. The van der Waals surface area contributed by atoms with Crippen molar-refractivity contribution in [3.63, 3.8) is 0 Å². The number of piperazine rings is 1. The van der Waals surface area contributed by atoms with Gasteiger partial charge in [0.1, 0.15) is 11.3 Å². The van der Waals surface area contributed by atoms with Crippen LogP contribution in [0.25, 0.3) is 0 Å². The van der Waals surface area contributed by atoms with Crippen LogP contribution in [0.3, 0.4) is 0 Å². The number of hydrogen-bond donors (Lipinski definition) is 0. The monoisotopic (exact) mass is 384 g/mol. The summed E-state index contributed by atoms with van der Waals surface area (Å²) in [5, 5.41) is 12.8. The molecule has 2 aromatic heterocycles. The first-order valence-electron chi connectivity index (χ1n) is 10.2. The molecule has 0 spiro atoms. The van der Waals surface area contributed by atoms with Crippen LogP contribution in [0.1, 0.15) is 47.5 Å². The highest BCUT2D eigenvalue weighted by Crippen LogP contribution is 2.21. The third kappa shape index (κ3) is 3.81. The fraction of sp³-hybridized carbons (Fsp3) is 0.600. The fourth-order valence-corrected chi connectivity index (χ4v) is 4.04. The predicted molar refractivity (Wildman–Crippen MR) is 107 cm³/mol. The van der Waals surface area contributed by atoms with Crippen LogP contribution in [0, 0.1) is 13.8 Å². The molecule has 2 fully saturated rings. The van der Waals surface area contributed by atoms with Gasteiger partial charge < -0.3 is 19.2 Å². The standard InChI is InChI=1S/C20H28N6O2/c1-15-19(16(2)28-23-15)20(27)26-13-11-25(12-14-26)18-8-7-17(21-22-18)24-9-5-3-4-6-10-24/h7-8H,3-6,9-14H2,1-2H3. The molecule has 0 aliphatic carbocycles. The first-order valence-corrected chi connectivity index (χ1v) is 10.2. The van der Waals surface area contributed by atoms with E-state index in [4.69, 9.17) is 4.52 Å². The Morgan fingerprint density at radius 1 is 0.857 bits per heavy atom. The van der Waals surface area contributed by atoms with Gasteiger partial charge in [0.05, 0.1) is 5.69 Å². The molecule has 8 nitrogen and oxygen atoms in total. The van der Waals surface area contributed by atoms with Gasteiger partial charge in [-0.2, -0.15) is 0 Å². The zero-order valence-corrected chi connectivity index (χ0v) is 16.7. The predicted octanol–water partition coefficient (Wildman–Crippen LogP) is 2.42. The molecule has 0 N–H and O–H groups in total. The highest BCUT2D eigenvalue weighted by atomic mass is 16.5. The van der Waals surface area contributed by atoms with Crippen molar-refractivity contribution in [3.05, 3.63) is 29.2 Å². The Labute approximate surface area is 165 Å². The van der Waals surface area contributed by atoms with Gasteiger partial charge in [0.25, 0.3) is 5.91 Å². The summed E-state index contributed by atoms with van der Waals surface area (Å²) in [5.41, 5.74) is 1.25. The molecular formula is C20H28N6O2. The van der Waals surface area contributed by atoms with Crippen LogP contribution < -0.4 is 9.80 Å². The maximum atomic E-state index is 12.8. The van der Waals surface area contributed by atoms with E-state index in [0.717, 1.165) is 37.8 Å². The van der Waals surface area contributed by atoms with Crippen molar-refractivity contribution in [3.8, 4) is 0 Å². The van der Waals surface area contributed by atoms with E-state index in [9.17, 15) is 4.79 Å². The number of aromatic nitrogens is 3. The summed E-state index contributed by atoms with van der Waals surface area (Å²) < 4.78 is 5.14. The minimum Gasteiger partial charge on any atom is -0.361 e. The van der Waals surface area contributed by atoms with E-state index in [2.05, 4.69) is 37.3 Å². The number of hydrogen-bond acceptors (Lipinski definition) is 7. The minimum absolute atomic E-state index is 0.00139. The van der Waals surface area contributed by atoms with Gasteiger partial charge in [-0.05, 0) is 38.8 Å². The van der Waals surface area contributed by atoms with Crippen LogP contribution in [-0.4, -0.2) is 65.4 Å². The molecule has 0 saturated carbocycles. The number of aryl methyl sites for hydroxylation is 2. The van der Waals surface area contributed by atoms with Crippen LogP contribution >= 0.6 is 0 Å². The molecule has 4 rings (SSSR count). The van der Waals surface area contributed by atoms with Crippen molar-refractivity contribution < 1.29 is 9.32 Å². The van der Waals surface area contributed by atoms with Crippen molar-refractivity contribution >= 4 is 17.5 Å². The lowest BCUT2D eigenvalue weighted by Crippen LogP contribution is -2.49. The quantitative estimate of drug-likeness (QED) is 0.804. The summed E-state index contributed by atoms with van der Waals surface area (Å²) in [7, 11) is 0. The molecule has 0 unspecified atom stereocenters. The summed E-state index contributed by atoms with van der Waals surface area (Å²) in [6.07, 6.45) is 5.06. The lowest BCUT2D eigenvalue weighted by Gasteiger charge is -2.35. The van der Waals surface area contributed by atoms with Gasteiger partial charge in [0, 0.05) is 39.3 Å². The SMILES string of the molecule is Cc1noc(C)c1C(=O)N1CCN(c2ccc(N3CCCCCC3)nn2)CC1. The molecule has 4 heterocycles. The van der Waals surface area contributed by atoms with Gasteiger partial charge in [-0.15, -0.1) is 10.2 Å². The number of carbonyl (C=O) groups excluding carboxylic acids is 1. The summed E-state index contributed by atoms with van der Waals surface area (Å²) >= 11 is 0. The van der Waals surface area contributed by atoms with E-state index in [1.165, 1.54) is 25.7 Å². The van der Waals surface area contributed by atoms with E-state index >= 15 is 0 Å². The van der Waals surface area contributed by atoms with E-state index in [1.54, 1.807) is 13.8 Å². The number of amides is 1. The lowest BCUT2D eigenvalue weighted by molar-refractivity contribution is 0.0744. The highest BCUT2D eigenvalue weighted by Gasteiger charge is 2.27. The average molecular weight is 384 g/mol. The van der Waals surface area contributed by atoms with Crippen molar-refractivity contribution in [1.82, 2.24) is 20.3 Å². The van der Waals surface area contributed by atoms with Crippen LogP contribution in [0.5, 0.6) is 0 Å². The van der Waals surface area contributed by atoms with Crippen molar-refractivity contribution in [2.24, 2.45) is 0 Å². The Bertz CT molecular complexity index is 783. The maximum absolute atomic E-state index is 12.8. The fourth-order valence-electron chi connectivity index (χ4n) is 4.04. The molecule has 1 amide bonds. The summed E-state index contributed by atoms with van der Waals surface area (Å²) in [5.74, 6) is 2.43. The molecule has 2 saturated heterocycles.